The Morgan fingerprint density at radius 3 is 2.73 bits per heavy atom. The quantitative estimate of drug-likeness (QED) is 0.236. The number of allylic oxidation sites excluding steroid dienone is 1. The van der Waals surface area contributed by atoms with E-state index < -0.39 is 12.0 Å². The van der Waals surface area contributed by atoms with E-state index in [1.165, 1.54) is 11.3 Å². The fourth-order valence-corrected chi connectivity index (χ4v) is 6.66. The van der Waals surface area contributed by atoms with E-state index in [0.717, 1.165) is 21.9 Å². The number of aromatic nitrogens is 1. The number of hydrogen-bond donors (Lipinski definition) is 0. The molecule has 3 heterocycles. The Morgan fingerprint density at radius 1 is 1.02 bits per heavy atom. The molecule has 44 heavy (non-hydrogen) atoms. The summed E-state index contributed by atoms with van der Waals surface area (Å²) in [6.45, 7) is 4.25. The lowest BCUT2D eigenvalue weighted by atomic mass is 9.95. The molecule has 0 fully saturated rings. The standard InChI is InChI=1S/C35H28N2O6S/c1-3-40-34(39)31-21(2)36-35-37(32(31)24-14-15-28-29(18-24)43-20-42-28)33(38)30(44-35)17-22-8-6-12-26(16-22)41-19-25-11-7-10-23-9-4-5-13-27(23)25/h4-18,32H,3,19-20H2,1-2H3/b30-17+/t32-/m1/s1. The second-order valence-corrected chi connectivity index (χ2v) is 11.4. The van der Waals surface area contributed by atoms with Crippen LogP contribution in [-0.2, 0) is 16.1 Å². The van der Waals surface area contributed by atoms with Gasteiger partial charge in [0.1, 0.15) is 12.4 Å². The van der Waals surface area contributed by atoms with Crippen LogP contribution >= 0.6 is 11.3 Å². The summed E-state index contributed by atoms with van der Waals surface area (Å²) < 4.78 is 24.7. The van der Waals surface area contributed by atoms with E-state index in [9.17, 15) is 9.59 Å². The number of esters is 1. The molecule has 1 atom stereocenters. The fourth-order valence-electron chi connectivity index (χ4n) is 5.62. The summed E-state index contributed by atoms with van der Waals surface area (Å²) in [6, 6.07) is 26.7. The molecule has 8 nitrogen and oxygen atoms in total. The zero-order chi connectivity index (χ0) is 30.2. The molecular weight excluding hydrogens is 576 g/mol. The van der Waals surface area contributed by atoms with Crippen LogP contribution in [0.5, 0.6) is 17.2 Å². The van der Waals surface area contributed by atoms with Crippen LogP contribution < -0.4 is 29.1 Å². The van der Waals surface area contributed by atoms with Crippen molar-refractivity contribution in [3.63, 3.8) is 0 Å². The highest BCUT2D eigenvalue weighted by Crippen LogP contribution is 2.38. The molecule has 0 saturated heterocycles. The van der Waals surface area contributed by atoms with Crippen LogP contribution in [0.1, 0.15) is 36.6 Å². The second kappa shape index (κ2) is 11.5. The summed E-state index contributed by atoms with van der Waals surface area (Å²) in [6.07, 6.45) is 1.83. The molecule has 2 aliphatic rings. The third-order valence-electron chi connectivity index (χ3n) is 7.66. The highest BCUT2D eigenvalue weighted by Gasteiger charge is 2.34. The SMILES string of the molecule is CCOC(=O)C1=C(C)N=c2s/c(=C/c3cccc(OCc4cccc5ccccc45)c3)c(=O)n2[C@@H]1c1ccc2c(c1)OCO2. The number of benzene rings is 4. The van der Waals surface area contributed by atoms with E-state index in [1.807, 2.05) is 54.6 Å². The molecule has 5 aromatic rings. The first-order valence-corrected chi connectivity index (χ1v) is 15.1. The van der Waals surface area contributed by atoms with Crippen molar-refractivity contribution in [1.82, 2.24) is 4.57 Å². The van der Waals surface area contributed by atoms with Crippen LogP contribution in [0.15, 0.2) is 106 Å². The average molecular weight is 605 g/mol. The molecule has 1 aromatic heterocycles. The van der Waals surface area contributed by atoms with Crippen LogP contribution in [0.2, 0.25) is 0 Å². The van der Waals surface area contributed by atoms with Crippen molar-refractivity contribution in [2.45, 2.75) is 26.5 Å². The summed E-state index contributed by atoms with van der Waals surface area (Å²) in [5.41, 5.74) is 3.16. The van der Waals surface area contributed by atoms with Crippen molar-refractivity contribution in [2.75, 3.05) is 13.4 Å². The molecule has 4 aromatic carbocycles. The van der Waals surface area contributed by atoms with Gasteiger partial charge in [-0.05, 0) is 71.7 Å². The van der Waals surface area contributed by atoms with Crippen molar-refractivity contribution in [3.8, 4) is 17.2 Å². The summed E-state index contributed by atoms with van der Waals surface area (Å²) in [4.78, 5) is 32.4. The van der Waals surface area contributed by atoms with E-state index in [-0.39, 0.29) is 19.0 Å². The van der Waals surface area contributed by atoms with E-state index in [1.54, 1.807) is 30.5 Å². The van der Waals surface area contributed by atoms with Gasteiger partial charge in [0.15, 0.2) is 16.3 Å². The van der Waals surface area contributed by atoms with Gasteiger partial charge < -0.3 is 18.9 Å². The van der Waals surface area contributed by atoms with Gasteiger partial charge in [0.05, 0.1) is 28.5 Å². The number of thiazole rings is 1. The van der Waals surface area contributed by atoms with E-state index in [2.05, 4.69) is 29.3 Å². The zero-order valence-corrected chi connectivity index (χ0v) is 24.9. The minimum atomic E-state index is -0.739. The molecular formula is C35H28N2O6S. The first-order valence-electron chi connectivity index (χ1n) is 14.3. The topological polar surface area (TPSA) is 88.4 Å². The smallest absolute Gasteiger partial charge is 0.338 e. The van der Waals surface area contributed by atoms with Crippen molar-refractivity contribution < 1.29 is 23.7 Å². The molecule has 2 aliphatic heterocycles. The third kappa shape index (κ3) is 5.05. The number of nitrogens with zero attached hydrogens (tertiary/aromatic N) is 2. The number of carbonyl (C=O) groups is 1. The molecule has 0 unspecified atom stereocenters. The fraction of sp³-hybridized carbons (Fsp3) is 0.171. The Hall–Kier alpha value is -5.15. The maximum atomic E-state index is 14.0. The highest BCUT2D eigenvalue weighted by molar-refractivity contribution is 7.07. The predicted molar refractivity (Wildman–Crippen MR) is 168 cm³/mol. The monoisotopic (exact) mass is 604 g/mol. The summed E-state index contributed by atoms with van der Waals surface area (Å²) in [5, 5.41) is 2.32. The van der Waals surface area contributed by atoms with Crippen molar-refractivity contribution in [3.05, 3.63) is 133 Å². The van der Waals surface area contributed by atoms with Crippen molar-refractivity contribution >= 4 is 34.2 Å². The second-order valence-electron chi connectivity index (χ2n) is 10.4. The Labute approximate surface area is 256 Å². The van der Waals surface area contributed by atoms with Gasteiger partial charge in [-0.1, -0.05) is 72.0 Å². The molecule has 0 bridgehead atoms. The molecule has 220 valence electrons. The predicted octanol–water partition coefficient (Wildman–Crippen LogP) is 5.26. The van der Waals surface area contributed by atoms with Gasteiger partial charge in [-0.25, -0.2) is 9.79 Å². The number of hydrogen-bond acceptors (Lipinski definition) is 8. The number of carbonyl (C=O) groups excluding carboxylic acids is 1. The first-order chi connectivity index (χ1) is 21.5. The van der Waals surface area contributed by atoms with Gasteiger partial charge in [0.2, 0.25) is 6.79 Å². The minimum Gasteiger partial charge on any atom is -0.489 e. The maximum Gasteiger partial charge on any atom is 0.338 e. The summed E-state index contributed by atoms with van der Waals surface area (Å²) >= 11 is 1.27. The normalized spacial score (nSPS) is 15.7. The van der Waals surface area contributed by atoms with Gasteiger partial charge in [-0.3, -0.25) is 9.36 Å². The molecule has 0 aliphatic carbocycles. The molecule has 0 saturated carbocycles. The van der Waals surface area contributed by atoms with Crippen LogP contribution in [-0.4, -0.2) is 23.9 Å². The van der Waals surface area contributed by atoms with Crippen molar-refractivity contribution in [2.24, 2.45) is 4.99 Å². The molecule has 0 amide bonds. The first kappa shape index (κ1) is 27.7. The van der Waals surface area contributed by atoms with Gasteiger partial charge >= 0.3 is 5.97 Å². The lowest BCUT2D eigenvalue weighted by Crippen LogP contribution is -2.39. The number of fused-ring (bicyclic) bond motifs is 3. The zero-order valence-electron chi connectivity index (χ0n) is 24.1. The summed E-state index contributed by atoms with van der Waals surface area (Å²) in [7, 11) is 0. The van der Waals surface area contributed by atoms with E-state index in [4.69, 9.17) is 18.9 Å². The van der Waals surface area contributed by atoms with E-state index in [0.29, 0.717) is 50.0 Å². The van der Waals surface area contributed by atoms with Crippen LogP contribution in [0.3, 0.4) is 0 Å². The molecule has 0 spiro atoms. The molecule has 0 N–H and O–H groups in total. The van der Waals surface area contributed by atoms with Crippen LogP contribution in [0.25, 0.3) is 16.8 Å². The third-order valence-corrected chi connectivity index (χ3v) is 8.64. The van der Waals surface area contributed by atoms with Gasteiger partial charge in [-0.15, -0.1) is 0 Å². The Balaban J connectivity index is 1.25. The van der Waals surface area contributed by atoms with E-state index >= 15 is 0 Å². The number of ether oxygens (including phenoxy) is 4. The van der Waals surface area contributed by atoms with Gasteiger partial charge in [0, 0.05) is 0 Å². The minimum absolute atomic E-state index is 0.117. The maximum absolute atomic E-state index is 14.0. The van der Waals surface area contributed by atoms with Crippen LogP contribution in [0, 0.1) is 0 Å². The van der Waals surface area contributed by atoms with Gasteiger partial charge in [-0.2, -0.15) is 0 Å². The Bertz CT molecular complexity index is 2140. The summed E-state index contributed by atoms with van der Waals surface area (Å²) in [5.74, 6) is 1.35. The molecule has 7 rings (SSSR count). The Morgan fingerprint density at radius 2 is 1.84 bits per heavy atom. The Kier molecular flexibility index (Phi) is 7.23. The average Bonchev–Trinajstić information content (AvgIpc) is 3.63. The molecule has 0 radical (unpaired) electrons. The lowest BCUT2D eigenvalue weighted by Gasteiger charge is -2.24. The van der Waals surface area contributed by atoms with Crippen LogP contribution in [0.4, 0.5) is 0 Å². The lowest BCUT2D eigenvalue weighted by molar-refractivity contribution is -0.139. The van der Waals surface area contributed by atoms with Gasteiger partial charge in [0.25, 0.3) is 5.56 Å². The largest absolute Gasteiger partial charge is 0.489 e. The number of rotatable bonds is 7. The van der Waals surface area contributed by atoms with Crippen molar-refractivity contribution in [1.29, 1.82) is 0 Å². The highest BCUT2D eigenvalue weighted by atomic mass is 32.1. The molecule has 9 heteroatoms.